The van der Waals surface area contributed by atoms with E-state index in [1.165, 1.54) is 155 Å². The lowest BCUT2D eigenvalue weighted by Gasteiger charge is -2.28. The summed E-state index contributed by atoms with van der Waals surface area (Å²) < 4.78 is 0. The van der Waals surface area contributed by atoms with Crippen LogP contribution in [0.3, 0.4) is 0 Å². The fourth-order valence-electron chi connectivity index (χ4n) is 10.8. The second-order valence-corrected chi connectivity index (χ2v) is 25.0. The van der Waals surface area contributed by atoms with E-state index < -0.39 is 0 Å². The van der Waals surface area contributed by atoms with Gasteiger partial charge in [-0.3, -0.25) is 0 Å². The third kappa shape index (κ3) is 20.8. The summed E-state index contributed by atoms with van der Waals surface area (Å²) in [5, 5.41) is 0. The van der Waals surface area contributed by atoms with Crippen molar-refractivity contribution in [3.05, 3.63) is 138 Å². The molecule has 4 rings (SSSR count). The van der Waals surface area contributed by atoms with Crippen molar-refractivity contribution in [3.8, 4) is 0 Å². The molecule has 0 fully saturated rings. The normalized spacial score (nSPS) is 13.4. The van der Waals surface area contributed by atoms with Gasteiger partial charge in [-0.25, -0.2) is 0 Å². The first-order valence-electron chi connectivity index (χ1n) is 29.0. The van der Waals surface area contributed by atoms with E-state index >= 15 is 0 Å². The van der Waals surface area contributed by atoms with Gasteiger partial charge in [0.2, 0.25) is 0 Å². The summed E-state index contributed by atoms with van der Waals surface area (Å²) in [7, 11) is 0. The second-order valence-electron chi connectivity index (χ2n) is 25.0. The van der Waals surface area contributed by atoms with Crippen molar-refractivity contribution in [1.29, 1.82) is 0 Å². The van der Waals surface area contributed by atoms with Gasteiger partial charge in [0.15, 0.2) is 0 Å². The van der Waals surface area contributed by atoms with Crippen LogP contribution in [0, 0.1) is 67.2 Å². The fourth-order valence-corrected chi connectivity index (χ4v) is 10.8. The van der Waals surface area contributed by atoms with Crippen molar-refractivity contribution in [3.63, 3.8) is 0 Å². The largest absolute Gasteiger partial charge is 0.0654 e. The van der Waals surface area contributed by atoms with Gasteiger partial charge in [0.1, 0.15) is 0 Å². The summed E-state index contributed by atoms with van der Waals surface area (Å²) in [6.07, 6.45) is 15.8. The number of aryl methyl sites for hydroxylation is 8. The van der Waals surface area contributed by atoms with Crippen molar-refractivity contribution in [2.24, 2.45) is 11.8 Å². The topological polar surface area (TPSA) is 0 Å². The summed E-state index contributed by atoms with van der Waals surface area (Å²) in [5.74, 6) is 4.36. The van der Waals surface area contributed by atoms with Crippen LogP contribution in [0.4, 0.5) is 0 Å². The Morgan fingerprint density at radius 2 is 0.629 bits per heavy atom. The number of unbranched alkanes of at least 4 members (excludes halogenated alkanes) is 2. The molecule has 0 bridgehead atoms. The van der Waals surface area contributed by atoms with Crippen molar-refractivity contribution < 1.29 is 0 Å². The van der Waals surface area contributed by atoms with Crippen LogP contribution in [0.25, 0.3) is 0 Å². The molecule has 396 valence electrons. The van der Waals surface area contributed by atoms with Crippen LogP contribution in [0.2, 0.25) is 0 Å². The van der Waals surface area contributed by atoms with Crippen LogP contribution >= 0.6 is 0 Å². The Morgan fingerprint density at radius 3 is 0.871 bits per heavy atom. The van der Waals surface area contributed by atoms with Crippen LogP contribution in [0.15, 0.2) is 48.5 Å². The van der Waals surface area contributed by atoms with Gasteiger partial charge in [0, 0.05) is 0 Å². The smallest absolute Gasteiger partial charge is 0.0129 e. The monoisotopic (exact) mass is 957 g/mol. The van der Waals surface area contributed by atoms with E-state index in [1.807, 2.05) is 0 Å². The minimum atomic E-state index is 0.241. The standard InChI is InChI=1S/C24H42.2C16H26.C14H22/c1-7-11-13-21(9-3)17-23-15-20(6)24(16-19(23)5)18-22(10-4)14-12-8-2;1-11-9-14(16(6,7)8)12(2)10-13(11)15(3,4)5;1-7-11(3)15-9-14(6)16(10-13(15)5)12(4)8-2;1-9(2)13-7-12(6)14(10(3)4)8-11(13)5/h15-16,21-22H,7-14,17-18H2,1-6H3;9-10H,1-8H3;9-12H,7-8H2,1-6H3;7-10H,1-6H3. The number of hydrogen-bond donors (Lipinski definition) is 0. The molecule has 0 aromatic heterocycles. The molecule has 0 aliphatic heterocycles. The number of hydrogen-bond acceptors (Lipinski definition) is 0. The summed E-state index contributed by atoms with van der Waals surface area (Å²) in [6, 6.07) is 19.3. The molecule has 4 aromatic carbocycles. The van der Waals surface area contributed by atoms with Crippen LogP contribution in [-0.4, -0.2) is 0 Å². The Morgan fingerprint density at radius 1 is 0.343 bits per heavy atom. The van der Waals surface area contributed by atoms with E-state index in [4.69, 9.17) is 0 Å². The maximum atomic E-state index is 2.51. The molecule has 0 aliphatic rings. The third-order valence-corrected chi connectivity index (χ3v) is 15.9. The number of benzene rings is 4. The molecule has 0 spiro atoms. The first-order chi connectivity index (χ1) is 32.5. The maximum Gasteiger partial charge on any atom is -0.0129 e. The quantitative estimate of drug-likeness (QED) is 0.0932. The SMILES string of the molecule is CCC(C)c1cc(C)c(C(C)CC)cc1C.CCCCC(CC)Cc1cc(C)c(CC(CC)CCCC)cc1C.Cc1cc(C(C)(C)C)c(C)cc1C(C)(C)C.Cc1cc(C(C)C)c(C)cc1C(C)C. The van der Waals surface area contributed by atoms with Crippen molar-refractivity contribution in [1.82, 2.24) is 0 Å². The lowest BCUT2D eigenvalue weighted by atomic mass is 9.77. The molecule has 4 atom stereocenters. The van der Waals surface area contributed by atoms with Gasteiger partial charge in [0.05, 0.1) is 0 Å². The average Bonchev–Trinajstić information content (AvgIpc) is 3.28. The first-order valence-corrected chi connectivity index (χ1v) is 29.0. The van der Waals surface area contributed by atoms with E-state index in [0.717, 1.165) is 11.8 Å². The van der Waals surface area contributed by atoms with Gasteiger partial charge in [-0.2, -0.15) is 0 Å². The molecule has 0 radical (unpaired) electrons. The van der Waals surface area contributed by atoms with Gasteiger partial charge in [-0.15, -0.1) is 0 Å². The predicted octanol–water partition coefficient (Wildman–Crippen LogP) is 22.6. The minimum absolute atomic E-state index is 0.241. The van der Waals surface area contributed by atoms with E-state index in [0.29, 0.717) is 23.7 Å². The zero-order chi connectivity index (χ0) is 53.8. The molecular formula is C70H116. The first kappa shape index (κ1) is 64.9. The van der Waals surface area contributed by atoms with E-state index in [1.54, 1.807) is 11.1 Å². The maximum absolute atomic E-state index is 2.51. The summed E-state index contributed by atoms with van der Waals surface area (Å²) in [6.45, 7) is 59.3. The van der Waals surface area contributed by atoms with E-state index in [-0.39, 0.29) is 10.8 Å². The predicted molar refractivity (Wildman–Crippen MR) is 321 cm³/mol. The highest BCUT2D eigenvalue weighted by molar-refractivity contribution is 5.44. The average molecular weight is 958 g/mol. The molecule has 0 amide bonds. The molecule has 0 aliphatic carbocycles. The molecule has 0 heteroatoms. The van der Waals surface area contributed by atoms with Crippen molar-refractivity contribution in [2.45, 2.75) is 292 Å². The van der Waals surface area contributed by atoms with Gasteiger partial charge >= 0.3 is 0 Å². The molecular weight excluding hydrogens is 841 g/mol. The van der Waals surface area contributed by atoms with Gasteiger partial charge in [0.25, 0.3) is 0 Å². The van der Waals surface area contributed by atoms with Crippen molar-refractivity contribution >= 4 is 0 Å². The van der Waals surface area contributed by atoms with Gasteiger partial charge in [-0.1, -0.05) is 225 Å². The summed E-state index contributed by atoms with van der Waals surface area (Å²) in [4.78, 5) is 0. The number of rotatable bonds is 18. The second kappa shape index (κ2) is 30.8. The van der Waals surface area contributed by atoms with Crippen LogP contribution in [0.1, 0.15) is 302 Å². The highest BCUT2D eigenvalue weighted by Gasteiger charge is 2.22. The third-order valence-electron chi connectivity index (χ3n) is 15.9. The molecule has 4 unspecified atom stereocenters. The van der Waals surface area contributed by atoms with E-state index in [2.05, 4.69) is 229 Å². The van der Waals surface area contributed by atoms with E-state index in [9.17, 15) is 0 Å². The summed E-state index contributed by atoms with van der Waals surface area (Å²) in [5.41, 5.74) is 24.4. The molecule has 0 saturated carbocycles. The summed E-state index contributed by atoms with van der Waals surface area (Å²) >= 11 is 0. The van der Waals surface area contributed by atoms with Crippen LogP contribution < -0.4 is 0 Å². The Bertz CT molecular complexity index is 1970. The van der Waals surface area contributed by atoms with Gasteiger partial charge in [-0.05, 0) is 216 Å². The highest BCUT2D eigenvalue weighted by Crippen LogP contribution is 2.34. The van der Waals surface area contributed by atoms with Crippen LogP contribution in [0.5, 0.6) is 0 Å². The van der Waals surface area contributed by atoms with Crippen LogP contribution in [-0.2, 0) is 23.7 Å². The Labute approximate surface area is 438 Å². The molecule has 0 nitrogen and oxygen atoms in total. The Hall–Kier alpha value is -3.12. The van der Waals surface area contributed by atoms with Crippen molar-refractivity contribution in [2.75, 3.05) is 0 Å². The highest BCUT2D eigenvalue weighted by atomic mass is 14.3. The lowest BCUT2D eigenvalue weighted by Crippen LogP contribution is -2.18. The van der Waals surface area contributed by atoms with Gasteiger partial charge < -0.3 is 0 Å². The molecule has 4 aromatic rings. The lowest BCUT2D eigenvalue weighted by molar-refractivity contribution is 0.445. The minimum Gasteiger partial charge on any atom is -0.0654 e. The molecule has 0 saturated heterocycles. The molecule has 0 N–H and O–H groups in total. The Balaban J connectivity index is 0.000000478. The fraction of sp³-hybridized carbons (Fsp3) is 0.657. The molecule has 0 heterocycles. The molecule has 70 heavy (non-hydrogen) atoms. The zero-order valence-electron chi connectivity index (χ0n) is 51.6. The Kier molecular flexibility index (Phi) is 28.6. The zero-order valence-corrected chi connectivity index (χ0v) is 51.6.